The van der Waals surface area contributed by atoms with E-state index in [-0.39, 0.29) is 0 Å². The van der Waals surface area contributed by atoms with Crippen LogP contribution in [0.2, 0.25) is 0 Å². The maximum absolute atomic E-state index is 6.06. The van der Waals surface area contributed by atoms with Crippen LogP contribution in [0.25, 0.3) is 0 Å². The number of aryl methyl sites for hydroxylation is 2. The van der Waals surface area contributed by atoms with E-state index < -0.39 is 0 Å². The molecule has 1 nitrogen and oxygen atoms in total. The highest BCUT2D eigenvalue weighted by atomic mass is 35.5. The zero-order valence-electron chi connectivity index (χ0n) is 11.6. The molecule has 0 saturated heterocycles. The summed E-state index contributed by atoms with van der Waals surface area (Å²) < 4.78 is 0. The summed E-state index contributed by atoms with van der Waals surface area (Å²) in [5.41, 5.74) is 5.19. The van der Waals surface area contributed by atoms with Crippen LogP contribution in [-0.2, 0) is 13.1 Å². The highest BCUT2D eigenvalue weighted by molar-refractivity contribution is 6.17. The molecule has 0 radical (unpaired) electrons. The molecule has 0 aliphatic heterocycles. The zero-order chi connectivity index (χ0) is 13.7. The first-order valence-electron chi connectivity index (χ1n) is 6.57. The lowest BCUT2D eigenvalue weighted by Crippen LogP contribution is -2.21. The van der Waals surface area contributed by atoms with Crippen LogP contribution in [0, 0.1) is 13.8 Å². The third-order valence-electron chi connectivity index (χ3n) is 3.22. The predicted octanol–water partition coefficient (Wildman–Crippen LogP) is 4.50. The molecule has 0 aromatic heterocycles. The van der Waals surface area contributed by atoms with Crippen LogP contribution in [-0.4, -0.2) is 10.9 Å². The van der Waals surface area contributed by atoms with Gasteiger partial charge in [-0.2, -0.15) is 0 Å². The molecule has 0 bridgehead atoms. The summed E-state index contributed by atoms with van der Waals surface area (Å²) in [6.45, 7) is 5.99. The third kappa shape index (κ3) is 4.38. The molecule has 2 heteroatoms. The fraction of sp³-hybridized carbons (Fsp3) is 0.294. The Morgan fingerprint density at radius 1 is 0.737 bits per heavy atom. The molecule has 0 amide bonds. The molecule has 0 saturated carbocycles. The summed E-state index contributed by atoms with van der Waals surface area (Å²) >= 11 is 6.06. The molecular formula is C17H20ClN. The van der Waals surface area contributed by atoms with Crippen molar-refractivity contribution < 1.29 is 0 Å². The van der Waals surface area contributed by atoms with Gasteiger partial charge in [0.25, 0.3) is 0 Å². The number of benzene rings is 2. The maximum atomic E-state index is 6.06. The lowest BCUT2D eigenvalue weighted by atomic mass is 10.1. The van der Waals surface area contributed by atoms with Gasteiger partial charge in [-0.1, -0.05) is 59.7 Å². The Morgan fingerprint density at radius 2 is 1.11 bits per heavy atom. The number of hydrogen-bond acceptors (Lipinski definition) is 1. The van der Waals surface area contributed by atoms with Gasteiger partial charge in [0.15, 0.2) is 0 Å². The molecule has 100 valence electrons. The minimum atomic E-state index is 0.543. The van der Waals surface area contributed by atoms with Crippen molar-refractivity contribution in [1.82, 2.24) is 4.90 Å². The molecule has 2 aromatic rings. The molecule has 19 heavy (non-hydrogen) atoms. The molecule has 0 atom stereocenters. The topological polar surface area (TPSA) is 3.24 Å². The summed E-state index contributed by atoms with van der Waals surface area (Å²) in [7, 11) is 0. The van der Waals surface area contributed by atoms with Crippen molar-refractivity contribution >= 4 is 11.6 Å². The first-order valence-corrected chi connectivity index (χ1v) is 7.10. The van der Waals surface area contributed by atoms with Gasteiger partial charge in [-0.05, 0) is 25.0 Å². The predicted molar refractivity (Wildman–Crippen MR) is 82.3 cm³/mol. The van der Waals surface area contributed by atoms with E-state index in [0.717, 1.165) is 13.1 Å². The standard InChI is InChI=1S/C17H20ClN/c1-14-3-7-16(8-4-14)11-19(13-18)12-17-9-5-15(2)6-10-17/h3-10H,11-13H2,1-2H3. The smallest absolute Gasteiger partial charge is 0.0744 e. The first kappa shape index (κ1) is 14.1. The van der Waals surface area contributed by atoms with Gasteiger partial charge in [0.05, 0.1) is 6.00 Å². The van der Waals surface area contributed by atoms with Crippen LogP contribution in [0.3, 0.4) is 0 Å². The SMILES string of the molecule is Cc1ccc(CN(CCl)Cc2ccc(C)cc2)cc1. The van der Waals surface area contributed by atoms with Gasteiger partial charge < -0.3 is 0 Å². The molecule has 0 spiro atoms. The van der Waals surface area contributed by atoms with Gasteiger partial charge in [-0.15, -0.1) is 11.6 Å². The summed E-state index contributed by atoms with van der Waals surface area (Å²) in [6.07, 6.45) is 0. The van der Waals surface area contributed by atoms with Crippen LogP contribution in [0.15, 0.2) is 48.5 Å². The van der Waals surface area contributed by atoms with E-state index in [1.165, 1.54) is 22.3 Å². The minimum Gasteiger partial charge on any atom is -0.281 e. The Morgan fingerprint density at radius 3 is 1.42 bits per heavy atom. The molecule has 0 N–H and O–H groups in total. The molecule has 0 aliphatic carbocycles. The van der Waals surface area contributed by atoms with Crippen LogP contribution in [0.4, 0.5) is 0 Å². The second kappa shape index (κ2) is 6.74. The van der Waals surface area contributed by atoms with Gasteiger partial charge in [-0.25, -0.2) is 0 Å². The Kier molecular flexibility index (Phi) is 5.00. The Bertz CT molecular complexity index is 454. The quantitative estimate of drug-likeness (QED) is 0.573. The Balaban J connectivity index is 2.00. The van der Waals surface area contributed by atoms with Crippen molar-refractivity contribution in [3.05, 3.63) is 70.8 Å². The average Bonchev–Trinajstić information content (AvgIpc) is 2.43. The first-order chi connectivity index (χ1) is 9.17. The fourth-order valence-electron chi connectivity index (χ4n) is 2.04. The molecule has 2 rings (SSSR count). The van der Waals surface area contributed by atoms with Crippen LogP contribution in [0.1, 0.15) is 22.3 Å². The molecular weight excluding hydrogens is 254 g/mol. The zero-order valence-corrected chi connectivity index (χ0v) is 12.3. The van der Waals surface area contributed by atoms with E-state index in [9.17, 15) is 0 Å². The molecule has 0 unspecified atom stereocenters. The highest BCUT2D eigenvalue weighted by Crippen LogP contribution is 2.12. The average molecular weight is 274 g/mol. The number of rotatable bonds is 5. The summed E-state index contributed by atoms with van der Waals surface area (Å²) in [6, 6.07) is 17.8. The van der Waals surface area contributed by atoms with Gasteiger partial charge >= 0.3 is 0 Å². The van der Waals surface area contributed by atoms with Crippen molar-refractivity contribution in [3.8, 4) is 0 Å². The molecule has 0 heterocycles. The summed E-state index contributed by atoms with van der Waals surface area (Å²) in [5, 5.41) is 0. The van der Waals surface area contributed by atoms with Crippen molar-refractivity contribution in [2.75, 3.05) is 6.00 Å². The van der Waals surface area contributed by atoms with Crippen molar-refractivity contribution in [1.29, 1.82) is 0 Å². The van der Waals surface area contributed by atoms with Gasteiger partial charge in [0.2, 0.25) is 0 Å². The molecule has 0 aliphatic rings. The Hall–Kier alpha value is -1.31. The largest absolute Gasteiger partial charge is 0.281 e. The van der Waals surface area contributed by atoms with Crippen LogP contribution >= 0.6 is 11.6 Å². The van der Waals surface area contributed by atoms with Gasteiger partial charge in [0, 0.05) is 13.1 Å². The molecule has 2 aromatic carbocycles. The van der Waals surface area contributed by atoms with E-state index in [1.807, 2.05) is 0 Å². The highest BCUT2D eigenvalue weighted by Gasteiger charge is 2.05. The van der Waals surface area contributed by atoms with Crippen molar-refractivity contribution in [2.45, 2.75) is 26.9 Å². The second-order valence-corrected chi connectivity index (χ2v) is 5.32. The second-order valence-electron chi connectivity index (χ2n) is 5.08. The summed E-state index contributed by atoms with van der Waals surface area (Å²) in [5.74, 6) is 0. The van der Waals surface area contributed by atoms with Gasteiger partial charge in [-0.3, -0.25) is 4.90 Å². The normalized spacial score (nSPS) is 10.9. The minimum absolute atomic E-state index is 0.543. The number of halogens is 1. The lowest BCUT2D eigenvalue weighted by Gasteiger charge is -2.19. The fourth-order valence-corrected chi connectivity index (χ4v) is 2.21. The summed E-state index contributed by atoms with van der Waals surface area (Å²) in [4.78, 5) is 2.23. The Labute approximate surface area is 120 Å². The van der Waals surface area contributed by atoms with Gasteiger partial charge in [0.1, 0.15) is 0 Å². The van der Waals surface area contributed by atoms with Crippen LogP contribution in [0.5, 0.6) is 0 Å². The van der Waals surface area contributed by atoms with E-state index >= 15 is 0 Å². The monoisotopic (exact) mass is 273 g/mol. The van der Waals surface area contributed by atoms with Crippen LogP contribution < -0.4 is 0 Å². The van der Waals surface area contributed by atoms with Crippen molar-refractivity contribution in [3.63, 3.8) is 0 Å². The van der Waals surface area contributed by atoms with E-state index in [2.05, 4.69) is 67.3 Å². The third-order valence-corrected chi connectivity index (χ3v) is 3.56. The van der Waals surface area contributed by atoms with E-state index in [0.29, 0.717) is 6.00 Å². The maximum Gasteiger partial charge on any atom is 0.0744 e. The molecule has 0 fully saturated rings. The number of alkyl halides is 1. The van der Waals surface area contributed by atoms with E-state index in [1.54, 1.807) is 0 Å². The van der Waals surface area contributed by atoms with E-state index in [4.69, 9.17) is 11.6 Å². The number of hydrogen-bond donors (Lipinski definition) is 0. The van der Waals surface area contributed by atoms with Crippen molar-refractivity contribution in [2.24, 2.45) is 0 Å². The lowest BCUT2D eigenvalue weighted by molar-refractivity contribution is 0.302. The number of nitrogens with zero attached hydrogens (tertiary/aromatic N) is 1.